The summed E-state index contributed by atoms with van der Waals surface area (Å²) in [5.74, 6) is 1.21. The molecule has 0 saturated carbocycles. The molecule has 4 rings (SSSR count). The number of aliphatic imine (C=N–C) groups is 1. The van der Waals surface area contributed by atoms with Crippen LogP contribution in [0.2, 0.25) is 0 Å². The summed E-state index contributed by atoms with van der Waals surface area (Å²) in [5.41, 5.74) is 2.38. The molecular weight excluding hydrogens is 391 g/mol. The minimum absolute atomic E-state index is 0. The van der Waals surface area contributed by atoms with Crippen LogP contribution in [-0.2, 0) is 4.74 Å². The molecule has 4 heterocycles. The number of pyridine rings is 1. The summed E-state index contributed by atoms with van der Waals surface area (Å²) in [7, 11) is 0. The van der Waals surface area contributed by atoms with E-state index < -0.39 is 0 Å². The number of allylic oxidation sites excluding steroid dienone is 1. The van der Waals surface area contributed by atoms with Gasteiger partial charge < -0.3 is 20.1 Å². The number of hydrogen-bond acceptors (Lipinski definition) is 7. The Morgan fingerprint density at radius 1 is 1.30 bits per heavy atom. The number of fused-ring (bicyclic) bond motifs is 1. The van der Waals surface area contributed by atoms with E-state index in [0.717, 1.165) is 50.5 Å². The second-order valence-corrected chi connectivity index (χ2v) is 5.94. The van der Waals surface area contributed by atoms with E-state index in [0.29, 0.717) is 17.5 Å². The van der Waals surface area contributed by atoms with Crippen molar-refractivity contribution < 1.29 is 9.84 Å². The van der Waals surface area contributed by atoms with Crippen LogP contribution in [0, 0.1) is 0 Å². The van der Waals surface area contributed by atoms with Crippen molar-refractivity contribution in [1.82, 2.24) is 19.9 Å². The van der Waals surface area contributed by atoms with Crippen molar-refractivity contribution in [1.29, 1.82) is 0 Å². The fourth-order valence-electron chi connectivity index (χ4n) is 2.92. The van der Waals surface area contributed by atoms with Crippen molar-refractivity contribution >= 4 is 54.4 Å². The van der Waals surface area contributed by atoms with Crippen LogP contribution >= 0.6 is 24.8 Å². The largest absolute Gasteiger partial charge is 0.492 e. The average molecular weight is 413 g/mol. The number of aromatic nitrogens is 3. The number of halogens is 2. The molecule has 27 heavy (non-hydrogen) atoms. The van der Waals surface area contributed by atoms with Gasteiger partial charge in [0.05, 0.1) is 13.2 Å². The zero-order valence-corrected chi connectivity index (χ0v) is 16.2. The van der Waals surface area contributed by atoms with Gasteiger partial charge >= 0.3 is 0 Å². The smallest absolute Gasteiger partial charge is 0.238 e. The van der Waals surface area contributed by atoms with E-state index in [1.54, 1.807) is 12.4 Å². The number of imidazole rings is 1. The first-order valence-electron chi connectivity index (χ1n) is 8.34. The Balaban J connectivity index is 0.00000131. The molecule has 2 aliphatic rings. The topological polar surface area (TPSA) is 98.7 Å². The third-order valence-corrected chi connectivity index (χ3v) is 4.26. The SMILES string of the molecule is Cl.Cl.Oc1nc(NCCN2CCOCC2)[nH]c1/C=C1\C=Nc2ncccc21. The maximum Gasteiger partial charge on any atom is 0.238 e. The van der Waals surface area contributed by atoms with E-state index in [-0.39, 0.29) is 30.7 Å². The highest BCUT2D eigenvalue weighted by atomic mass is 35.5. The zero-order chi connectivity index (χ0) is 17.1. The molecule has 0 radical (unpaired) electrons. The van der Waals surface area contributed by atoms with Crippen LogP contribution < -0.4 is 5.32 Å². The van der Waals surface area contributed by atoms with Crippen molar-refractivity contribution in [3.63, 3.8) is 0 Å². The molecule has 0 bridgehead atoms. The van der Waals surface area contributed by atoms with E-state index in [2.05, 4.69) is 30.2 Å². The number of H-pyrrole nitrogens is 1. The standard InChI is InChI=1S/C17H20N6O2.2ClH/c24-16-14(10-12-11-20-15-13(12)2-1-3-18-15)21-17(22-16)19-4-5-23-6-8-25-9-7-23;;/h1-3,10-11,24H,4-9H2,(H2,19,21,22);2*1H/b12-10+;;. The number of nitrogens with zero attached hydrogens (tertiary/aromatic N) is 4. The van der Waals surface area contributed by atoms with Gasteiger partial charge in [-0.1, -0.05) is 0 Å². The number of hydrogen-bond donors (Lipinski definition) is 3. The lowest BCUT2D eigenvalue weighted by atomic mass is 10.1. The minimum Gasteiger partial charge on any atom is -0.492 e. The summed E-state index contributed by atoms with van der Waals surface area (Å²) in [6.07, 6.45) is 5.28. The van der Waals surface area contributed by atoms with Crippen LogP contribution in [-0.4, -0.2) is 70.6 Å². The monoisotopic (exact) mass is 412 g/mol. The highest BCUT2D eigenvalue weighted by molar-refractivity contribution is 6.20. The highest BCUT2D eigenvalue weighted by Gasteiger charge is 2.15. The number of aromatic amines is 1. The Morgan fingerprint density at radius 3 is 2.93 bits per heavy atom. The molecule has 2 aromatic heterocycles. The van der Waals surface area contributed by atoms with Crippen LogP contribution in [0.4, 0.5) is 11.8 Å². The fourth-order valence-corrected chi connectivity index (χ4v) is 2.92. The van der Waals surface area contributed by atoms with Crippen molar-refractivity contribution in [2.75, 3.05) is 44.7 Å². The molecule has 1 fully saturated rings. The van der Waals surface area contributed by atoms with Crippen LogP contribution in [0.3, 0.4) is 0 Å². The van der Waals surface area contributed by atoms with Crippen LogP contribution in [0.5, 0.6) is 5.88 Å². The van der Waals surface area contributed by atoms with Gasteiger partial charge in [0, 0.05) is 49.7 Å². The van der Waals surface area contributed by atoms with Gasteiger partial charge in [0.15, 0.2) is 5.82 Å². The number of ether oxygens (including phenoxy) is 1. The summed E-state index contributed by atoms with van der Waals surface area (Å²) >= 11 is 0. The number of morpholine rings is 1. The van der Waals surface area contributed by atoms with Gasteiger partial charge in [0.25, 0.3) is 0 Å². The van der Waals surface area contributed by atoms with E-state index in [9.17, 15) is 5.11 Å². The molecule has 0 unspecified atom stereocenters. The molecular formula is C17H22Cl2N6O2. The van der Waals surface area contributed by atoms with Gasteiger partial charge in [-0.2, -0.15) is 4.98 Å². The van der Waals surface area contributed by atoms with E-state index >= 15 is 0 Å². The Bertz CT molecular complexity index is 818. The molecule has 1 saturated heterocycles. The summed E-state index contributed by atoms with van der Waals surface area (Å²) in [6, 6.07) is 3.82. The number of rotatable bonds is 5. The highest BCUT2D eigenvalue weighted by Crippen LogP contribution is 2.31. The Morgan fingerprint density at radius 2 is 2.11 bits per heavy atom. The van der Waals surface area contributed by atoms with Crippen LogP contribution in [0.1, 0.15) is 11.3 Å². The van der Waals surface area contributed by atoms with E-state index in [1.165, 1.54) is 0 Å². The van der Waals surface area contributed by atoms with Crippen molar-refractivity contribution in [3.8, 4) is 5.88 Å². The summed E-state index contributed by atoms with van der Waals surface area (Å²) < 4.78 is 5.34. The van der Waals surface area contributed by atoms with Gasteiger partial charge in [0.1, 0.15) is 5.69 Å². The van der Waals surface area contributed by atoms with Gasteiger partial charge in [-0.05, 0) is 18.2 Å². The number of aromatic hydroxyl groups is 1. The molecule has 0 atom stereocenters. The third-order valence-electron chi connectivity index (χ3n) is 4.26. The normalized spacial score (nSPS) is 17.3. The van der Waals surface area contributed by atoms with Crippen LogP contribution in [0.25, 0.3) is 11.6 Å². The molecule has 2 aliphatic heterocycles. The lowest BCUT2D eigenvalue weighted by Gasteiger charge is -2.26. The first-order valence-corrected chi connectivity index (χ1v) is 8.34. The first-order chi connectivity index (χ1) is 12.3. The van der Waals surface area contributed by atoms with Crippen molar-refractivity contribution in [2.24, 2.45) is 4.99 Å². The number of nitrogens with one attached hydrogen (secondary N) is 2. The molecule has 0 aromatic carbocycles. The van der Waals surface area contributed by atoms with Gasteiger partial charge in [-0.3, -0.25) is 4.90 Å². The average Bonchev–Trinajstić information content (AvgIpc) is 3.20. The molecule has 0 aliphatic carbocycles. The Hall–Kier alpha value is -2.13. The fraction of sp³-hybridized carbons (Fsp3) is 0.353. The maximum atomic E-state index is 10.1. The molecule has 146 valence electrons. The van der Waals surface area contributed by atoms with Crippen molar-refractivity contribution in [2.45, 2.75) is 0 Å². The minimum atomic E-state index is -0.0351. The number of anilines is 1. The predicted molar refractivity (Wildman–Crippen MR) is 111 cm³/mol. The second-order valence-electron chi connectivity index (χ2n) is 5.94. The molecule has 2 aromatic rings. The first kappa shape index (κ1) is 21.2. The Labute approximate surface area is 169 Å². The lowest BCUT2D eigenvalue weighted by Crippen LogP contribution is -2.39. The van der Waals surface area contributed by atoms with Crippen molar-refractivity contribution in [3.05, 3.63) is 29.6 Å². The van der Waals surface area contributed by atoms with E-state index in [1.807, 2.05) is 18.2 Å². The molecule has 0 spiro atoms. The van der Waals surface area contributed by atoms with Gasteiger partial charge in [0.2, 0.25) is 11.8 Å². The zero-order valence-electron chi connectivity index (χ0n) is 14.6. The Kier molecular flexibility index (Phi) is 7.61. The van der Waals surface area contributed by atoms with Gasteiger partial charge in [-0.25, -0.2) is 9.98 Å². The molecule has 8 nitrogen and oxygen atoms in total. The summed E-state index contributed by atoms with van der Waals surface area (Å²) in [6.45, 7) is 5.14. The quantitative estimate of drug-likeness (QED) is 0.696. The molecule has 0 amide bonds. The van der Waals surface area contributed by atoms with Crippen LogP contribution in [0.15, 0.2) is 23.3 Å². The molecule has 3 N–H and O–H groups in total. The summed E-state index contributed by atoms with van der Waals surface area (Å²) in [4.78, 5) is 18.0. The second kappa shape index (κ2) is 9.70. The van der Waals surface area contributed by atoms with Gasteiger partial charge in [-0.15, -0.1) is 24.8 Å². The van der Waals surface area contributed by atoms with E-state index in [4.69, 9.17) is 4.74 Å². The predicted octanol–water partition coefficient (Wildman–Crippen LogP) is 2.35. The maximum absolute atomic E-state index is 10.1. The third kappa shape index (κ3) is 4.98. The lowest BCUT2D eigenvalue weighted by molar-refractivity contribution is 0.0398. The summed E-state index contributed by atoms with van der Waals surface area (Å²) in [5, 5.41) is 13.3. The molecule has 10 heteroatoms.